The molecule has 1 aliphatic heterocycles. The minimum atomic E-state index is -0.0431. The van der Waals surface area contributed by atoms with Crippen LogP contribution in [0.15, 0.2) is 126 Å². The smallest absolute Gasteiger partial charge is 0.223 e. The SMILES string of the molecule is CCCCCCC[N+]1=C(c2cc(CCCCCC)c(-c3cc(CCCCCC)c(-c4cc5ccccc5s4)s3)s2)C=CC1=C1C(=O)C(c2ccc(-c3cc(CCCCCC)c(-c4cc(CCCCCC)c(-c5cc6ccccc6s5)s4)s3)n2CCCCCC)=C1O. The number of hydrogen-bond donors (Lipinski definition) is 1. The van der Waals surface area contributed by atoms with Gasteiger partial charge in [-0.1, -0.05) is 194 Å². The highest BCUT2D eigenvalue weighted by atomic mass is 32.1. The van der Waals surface area contributed by atoms with Crippen LogP contribution in [0.2, 0.25) is 0 Å². The molecule has 0 saturated heterocycles. The minimum absolute atomic E-state index is 0.0431. The van der Waals surface area contributed by atoms with Crippen LogP contribution in [0.3, 0.4) is 0 Å². The van der Waals surface area contributed by atoms with Gasteiger partial charge in [0.15, 0.2) is 0 Å². The van der Waals surface area contributed by atoms with Crippen molar-refractivity contribution in [2.24, 2.45) is 0 Å². The van der Waals surface area contributed by atoms with Crippen molar-refractivity contribution in [1.82, 2.24) is 4.57 Å². The second-order valence-corrected chi connectivity index (χ2v) is 32.2. The highest BCUT2D eigenvalue weighted by Crippen LogP contribution is 2.51. The predicted octanol–water partition coefficient (Wildman–Crippen LogP) is 26.7. The Morgan fingerprint density at radius 2 is 0.780 bits per heavy atom. The number of hydrogen-bond acceptors (Lipinski definition) is 8. The molecule has 0 saturated carbocycles. The van der Waals surface area contributed by atoms with Crippen molar-refractivity contribution >= 4 is 105 Å². The standard InChI is InChI=1S/C81H98N2O2S6/c1-7-13-19-25-35-49-83-63(69-53-59(39-27-21-15-9-3)81(89-69)73-55-61(41-29-23-17-11-5)79(91-73)71-51-57-37-31-33-43-67(57)87-71)45-47-65(83)75-76(84)74(77(75)85)64-46-44-62(82(64)48-34-24-18-12-6)68-52-58(38-26-20-14-8-2)80(88-68)72-54-60(40-28-22-16-10-4)78(90-72)70-50-56-36-30-32-42-66(56)86-70/h30-33,36-37,42-47,50-55H,7-29,34-35,38-41,48-49H2,1-6H3/p+1. The van der Waals surface area contributed by atoms with Crippen LogP contribution in [0.5, 0.6) is 0 Å². The van der Waals surface area contributed by atoms with Gasteiger partial charge in [-0.2, -0.15) is 4.58 Å². The number of thiophene rings is 6. The van der Waals surface area contributed by atoms with Crippen molar-refractivity contribution in [3.8, 4) is 49.6 Å². The molecule has 9 aromatic rings. The molecule has 2 aromatic carbocycles. The zero-order valence-corrected chi connectivity index (χ0v) is 60.4. The number of ketones is 1. The lowest BCUT2D eigenvalue weighted by molar-refractivity contribution is -0.469. The van der Waals surface area contributed by atoms with Crippen LogP contribution < -0.4 is 0 Å². The first kappa shape index (κ1) is 67.2. The van der Waals surface area contributed by atoms with E-state index in [0.29, 0.717) is 11.1 Å². The first-order chi connectivity index (χ1) is 44.7. The fraction of sp³-hybridized carbons (Fsp3) is 0.457. The van der Waals surface area contributed by atoms with E-state index >= 15 is 4.79 Å². The van der Waals surface area contributed by atoms with Gasteiger partial charge in [0.25, 0.3) is 0 Å². The number of nitrogens with zero attached hydrogens (tertiary/aromatic N) is 2. The molecule has 4 nitrogen and oxygen atoms in total. The molecule has 0 bridgehead atoms. The maximum absolute atomic E-state index is 15.4. The first-order valence-electron chi connectivity index (χ1n) is 35.5. The van der Waals surface area contributed by atoms with Crippen LogP contribution >= 0.6 is 68.0 Å². The van der Waals surface area contributed by atoms with Crippen LogP contribution in [0, 0.1) is 0 Å². The molecule has 0 radical (unpaired) electrons. The monoisotopic (exact) mass is 1320 g/mol. The number of aliphatic hydroxyl groups is 1. The topological polar surface area (TPSA) is 45.2 Å². The molecule has 0 amide bonds. The van der Waals surface area contributed by atoms with Gasteiger partial charge in [0.1, 0.15) is 17.9 Å². The molecule has 0 spiro atoms. The Bertz CT molecular complexity index is 3950. The summed E-state index contributed by atoms with van der Waals surface area (Å²) in [5.41, 5.74) is 10.8. The average Bonchev–Trinajstić information content (AvgIpc) is 1.70. The first-order valence-corrected chi connectivity index (χ1v) is 40.4. The lowest BCUT2D eigenvalue weighted by Gasteiger charge is -2.23. The van der Waals surface area contributed by atoms with E-state index in [-0.39, 0.29) is 11.5 Å². The molecular weight excluding hydrogens is 1230 g/mol. The van der Waals surface area contributed by atoms with Gasteiger partial charge in [0.2, 0.25) is 17.2 Å². The van der Waals surface area contributed by atoms with Crippen LogP contribution in [-0.2, 0) is 37.0 Å². The lowest BCUT2D eigenvalue weighted by Crippen LogP contribution is -2.28. The summed E-state index contributed by atoms with van der Waals surface area (Å²) in [6.45, 7) is 15.4. The fourth-order valence-electron chi connectivity index (χ4n) is 13.7. The van der Waals surface area contributed by atoms with E-state index in [1.807, 2.05) is 68.0 Å². The van der Waals surface area contributed by atoms with Crippen LogP contribution in [0.4, 0.5) is 0 Å². The Morgan fingerprint density at radius 1 is 0.385 bits per heavy atom. The second kappa shape index (κ2) is 33.3. The van der Waals surface area contributed by atoms with Gasteiger partial charge in [-0.25, -0.2) is 0 Å². The lowest BCUT2D eigenvalue weighted by atomic mass is 9.84. The summed E-state index contributed by atoms with van der Waals surface area (Å²) in [6.07, 6.45) is 38.7. The largest absolute Gasteiger partial charge is 0.506 e. The molecule has 11 rings (SSSR count). The molecule has 8 heterocycles. The van der Waals surface area contributed by atoms with Crippen molar-refractivity contribution in [3.05, 3.63) is 159 Å². The summed E-state index contributed by atoms with van der Waals surface area (Å²) in [5, 5.41) is 15.4. The normalized spacial score (nSPS) is 14.3. The number of benzene rings is 2. The van der Waals surface area contributed by atoms with E-state index in [9.17, 15) is 5.11 Å². The molecule has 2 aliphatic rings. The number of fused-ring (bicyclic) bond motifs is 2. The molecule has 480 valence electrons. The maximum Gasteiger partial charge on any atom is 0.223 e. The van der Waals surface area contributed by atoms with Crippen molar-refractivity contribution in [2.75, 3.05) is 6.54 Å². The van der Waals surface area contributed by atoms with Gasteiger partial charge in [0, 0.05) is 73.5 Å². The number of Topliss-reactive ketones (excluding diaryl/α,β-unsaturated/α-hetero) is 1. The summed E-state index contributed by atoms with van der Waals surface area (Å²) in [7, 11) is 0. The van der Waals surface area contributed by atoms with Gasteiger partial charge < -0.3 is 9.67 Å². The van der Waals surface area contributed by atoms with E-state index in [2.05, 4.69) is 160 Å². The third kappa shape index (κ3) is 15.8. The Balaban J connectivity index is 0.976. The van der Waals surface area contributed by atoms with Gasteiger partial charge in [-0.05, 0) is 158 Å². The zero-order chi connectivity index (χ0) is 63.1. The number of aromatic nitrogens is 1. The third-order valence-corrected chi connectivity index (χ3v) is 26.5. The fourth-order valence-corrected chi connectivity index (χ4v) is 21.2. The van der Waals surface area contributed by atoms with Crippen LogP contribution in [0.1, 0.15) is 235 Å². The molecule has 0 unspecified atom stereocenters. The number of allylic oxidation sites excluding steroid dienone is 4. The summed E-state index contributed by atoms with van der Waals surface area (Å²) < 4.78 is 7.52. The second-order valence-electron chi connectivity index (χ2n) is 25.8. The van der Waals surface area contributed by atoms with Crippen molar-refractivity contribution in [1.29, 1.82) is 0 Å². The van der Waals surface area contributed by atoms with Gasteiger partial charge in [0.05, 0.1) is 26.7 Å². The number of aryl methyl sites for hydroxylation is 4. The van der Waals surface area contributed by atoms with Crippen molar-refractivity contribution in [3.63, 3.8) is 0 Å². The van der Waals surface area contributed by atoms with Gasteiger partial charge in [-0.3, -0.25) is 4.79 Å². The number of carbonyl (C=O) groups excluding carboxylic acids is 1. The van der Waals surface area contributed by atoms with E-state index in [1.54, 1.807) is 0 Å². The summed E-state index contributed by atoms with van der Waals surface area (Å²) in [6, 6.07) is 37.1. The Kier molecular flexibility index (Phi) is 24.6. The predicted molar refractivity (Wildman–Crippen MR) is 405 cm³/mol. The zero-order valence-electron chi connectivity index (χ0n) is 55.5. The molecule has 10 heteroatoms. The molecule has 1 N–H and O–H groups in total. The summed E-state index contributed by atoms with van der Waals surface area (Å²) in [4.78, 5) is 29.1. The summed E-state index contributed by atoms with van der Waals surface area (Å²) in [5.74, 6) is 0.101. The maximum atomic E-state index is 15.4. The highest BCUT2D eigenvalue weighted by molar-refractivity contribution is 7.30. The molecular formula is C81H99N2O2S6+. The average molecular weight is 1330 g/mol. The Labute approximate surface area is 569 Å². The van der Waals surface area contributed by atoms with E-state index in [1.165, 1.54) is 220 Å². The molecule has 91 heavy (non-hydrogen) atoms. The number of aliphatic hydroxyl groups excluding tert-OH is 1. The number of rotatable bonds is 38. The number of unbranched alkanes of at least 4 members (excludes halogenated alkanes) is 19. The van der Waals surface area contributed by atoms with Crippen molar-refractivity contribution < 1.29 is 14.5 Å². The highest BCUT2D eigenvalue weighted by Gasteiger charge is 2.44. The third-order valence-electron chi connectivity index (χ3n) is 18.8. The molecule has 1 aliphatic carbocycles. The van der Waals surface area contributed by atoms with Crippen LogP contribution in [-0.4, -0.2) is 32.3 Å². The van der Waals surface area contributed by atoms with Crippen molar-refractivity contribution in [2.45, 2.75) is 234 Å². The Hall–Kier alpha value is -5.20. The minimum Gasteiger partial charge on any atom is -0.506 e. The van der Waals surface area contributed by atoms with E-state index in [4.69, 9.17) is 0 Å². The van der Waals surface area contributed by atoms with E-state index < -0.39 is 0 Å². The molecule has 0 fully saturated rings. The van der Waals surface area contributed by atoms with Gasteiger partial charge in [-0.15, -0.1) is 68.0 Å². The van der Waals surface area contributed by atoms with E-state index in [0.717, 1.165) is 93.7 Å². The number of carbonyl (C=O) groups is 1. The summed E-state index contributed by atoms with van der Waals surface area (Å²) >= 11 is 11.8. The Morgan fingerprint density at radius 3 is 1.25 bits per heavy atom. The molecule has 7 aromatic heterocycles. The quantitative estimate of drug-likeness (QED) is 0.0238. The van der Waals surface area contributed by atoms with Gasteiger partial charge >= 0.3 is 0 Å². The van der Waals surface area contributed by atoms with Crippen LogP contribution in [0.25, 0.3) is 75.3 Å². The molecule has 0 atom stereocenters.